The molecule has 0 atom stereocenters. The predicted octanol–water partition coefficient (Wildman–Crippen LogP) is 3.18. The van der Waals surface area contributed by atoms with Gasteiger partial charge in [-0.1, -0.05) is 0 Å². The van der Waals surface area contributed by atoms with E-state index in [1.807, 2.05) is 12.1 Å². The summed E-state index contributed by atoms with van der Waals surface area (Å²) in [6.07, 6.45) is 2.75. The number of allylic oxidation sites excluding steroid dienone is 1. The van der Waals surface area contributed by atoms with Crippen LogP contribution < -0.4 is 4.74 Å². The molecule has 0 bridgehead atoms. The number of aromatic hydroxyl groups is 2. The lowest BCUT2D eigenvalue weighted by Crippen LogP contribution is -2.08. The first-order valence-electron chi connectivity index (χ1n) is 6.68. The van der Waals surface area contributed by atoms with Crippen LogP contribution in [0.5, 0.6) is 17.2 Å². The van der Waals surface area contributed by atoms with Crippen molar-refractivity contribution < 1.29 is 14.9 Å². The number of aliphatic imine (C=N–C) groups is 1. The van der Waals surface area contributed by atoms with Gasteiger partial charge in [-0.15, -0.1) is 0 Å². The van der Waals surface area contributed by atoms with Crippen LogP contribution in [-0.2, 0) is 6.42 Å². The van der Waals surface area contributed by atoms with Crippen LogP contribution in [0.15, 0.2) is 40.9 Å². The van der Waals surface area contributed by atoms with Gasteiger partial charge in [0.15, 0.2) is 11.5 Å². The Morgan fingerprint density at radius 2 is 2.00 bits per heavy atom. The smallest absolute Gasteiger partial charge is 0.162 e. The van der Waals surface area contributed by atoms with Crippen molar-refractivity contribution in [1.29, 1.82) is 0 Å². The molecule has 4 rings (SSSR count). The first kappa shape index (κ1) is 12.0. The van der Waals surface area contributed by atoms with E-state index < -0.39 is 0 Å². The number of hydrogen-bond donors (Lipinski definition) is 2. The zero-order valence-electron chi connectivity index (χ0n) is 11.4. The zero-order chi connectivity index (χ0) is 14.6. The summed E-state index contributed by atoms with van der Waals surface area (Å²) in [5.74, 6) is 0.805. The van der Waals surface area contributed by atoms with Crippen LogP contribution in [0, 0.1) is 0 Å². The van der Waals surface area contributed by atoms with E-state index in [0.717, 1.165) is 33.7 Å². The predicted molar refractivity (Wildman–Crippen MR) is 80.6 cm³/mol. The number of hydrogen-bond acceptors (Lipinski definition) is 4. The Morgan fingerprint density at radius 1 is 1.14 bits per heavy atom. The molecule has 0 aromatic heterocycles. The lowest BCUT2D eigenvalue weighted by atomic mass is 9.96. The second kappa shape index (κ2) is 4.12. The van der Waals surface area contributed by atoms with Crippen LogP contribution in [0.3, 0.4) is 0 Å². The van der Waals surface area contributed by atoms with E-state index in [-0.39, 0.29) is 11.5 Å². The van der Waals surface area contributed by atoms with Crippen LogP contribution in [0.4, 0.5) is 5.69 Å². The highest BCUT2D eigenvalue weighted by Crippen LogP contribution is 2.41. The number of benzene rings is 2. The van der Waals surface area contributed by atoms with Gasteiger partial charge in [-0.3, -0.25) is 0 Å². The highest BCUT2D eigenvalue weighted by atomic mass is 16.5. The van der Waals surface area contributed by atoms with Gasteiger partial charge in [0.25, 0.3) is 0 Å². The molecule has 104 valence electrons. The average molecular weight is 279 g/mol. The van der Waals surface area contributed by atoms with Crippen molar-refractivity contribution in [3.05, 3.63) is 52.6 Å². The van der Waals surface area contributed by atoms with Crippen LogP contribution in [-0.4, -0.2) is 23.0 Å². The molecule has 0 fully saturated rings. The molecule has 2 aromatic rings. The summed E-state index contributed by atoms with van der Waals surface area (Å²) in [7, 11) is 1.52. The van der Waals surface area contributed by atoms with Gasteiger partial charge in [0, 0.05) is 18.1 Å². The molecule has 1 aliphatic carbocycles. The Morgan fingerprint density at radius 3 is 2.81 bits per heavy atom. The van der Waals surface area contributed by atoms with Crippen molar-refractivity contribution in [2.75, 3.05) is 7.11 Å². The minimum Gasteiger partial charge on any atom is -0.508 e. The number of methoxy groups -OCH3 is 1. The normalized spacial score (nSPS) is 14.7. The van der Waals surface area contributed by atoms with E-state index in [4.69, 9.17) is 9.73 Å². The third kappa shape index (κ3) is 1.72. The standard InChI is InChI=1S/C17H13NO3/c1-21-16-8-14-10(7-15(16)20)5-11-4-9-6-12(19)2-3-13(9)17(11)18-14/h2-4,6-8,19-20H,5H2,1H3. The molecule has 1 aliphatic heterocycles. The molecule has 2 aromatic carbocycles. The SMILES string of the molecule is COc1cc2c(cc1O)CC1=Cc3cc(O)ccc3C1=N2. The van der Waals surface area contributed by atoms with Crippen molar-refractivity contribution in [1.82, 2.24) is 0 Å². The second-order valence-electron chi connectivity index (χ2n) is 5.23. The zero-order valence-corrected chi connectivity index (χ0v) is 11.4. The monoisotopic (exact) mass is 279 g/mol. The summed E-state index contributed by atoms with van der Waals surface area (Å²) in [4.78, 5) is 4.70. The van der Waals surface area contributed by atoms with Crippen molar-refractivity contribution in [3.8, 4) is 17.2 Å². The Bertz CT molecular complexity index is 834. The van der Waals surface area contributed by atoms with E-state index in [1.54, 1.807) is 24.3 Å². The summed E-state index contributed by atoms with van der Waals surface area (Å²) in [6, 6.07) is 8.76. The lowest BCUT2D eigenvalue weighted by Gasteiger charge is -2.17. The van der Waals surface area contributed by atoms with Crippen molar-refractivity contribution in [2.24, 2.45) is 4.99 Å². The van der Waals surface area contributed by atoms with Gasteiger partial charge in [0.05, 0.1) is 18.5 Å². The van der Waals surface area contributed by atoms with E-state index in [2.05, 4.69) is 0 Å². The molecule has 0 radical (unpaired) electrons. The maximum absolute atomic E-state index is 9.89. The Kier molecular flexibility index (Phi) is 2.36. The fourth-order valence-electron chi connectivity index (χ4n) is 2.92. The van der Waals surface area contributed by atoms with Crippen LogP contribution >= 0.6 is 0 Å². The molecule has 4 nitrogen and oxygen atoms in total. The summed E-state index contributed by atoms with van der Waals surface area (Å²) in [5.41, 5.74) is 5.84. The quantitative estimate of drug-likeness (QED) is 0.842. The summed E-state index contributed by atoms with van der Waals surface area (Å²) in [5, 5.41) is 19.5. The molecule has 4 heteroatoms. The molecular weight excluding hydrogens is 266 g/mol. The maximum Gasteiger partial charge on any atom is 0.162 e. The molecule has 0 spiro atoms. The minimum atomic E-state index is 0.128. The minimum absolute atomic E-state index is 0.128. The van der Waals surface area contributed by atoms with E-state index in [0.29, 0.717) is 12.2 Å². The third-order valence-electron chi connectivity index (χ3n) is 3.92. The number of nitrogens with zero attached hydrogens (tertiary/aromatic N) is 1. The first-order valence-corrected chi connectivity index (χ1v) is 6.68. The molecule has 0 unspecified atom stereocenters. The lowest BCUT2D eigenvalue weighted by molar-refractivity contribution is 0.373. The van der Waals surface area contributed by atoms with Gasteiger partial charge in [-0.2, -0.15) is 0 Å². The molecule has 2 aliphatic rings. The van der Waals surface area contributed by atoms with Gasteiger partial charge in [0.2, 0.25) is 0 Å². The first-order chi connectivity index (χ1) is 10.2. The van der Waals surface area contributed by atoms with Crippen molar-refractivity contribution >= 4 is 17.5 Å². The highest BCUT2D eigenvalue weighted by Gasteiger charge is 2.26. The number of phenols is 2. The second-order valence-corrected chi connectivity index (χ2v) is 5.23. The molecule has 2 N–H and O–H groups in total. The van der Waals surface area contributed by atoms with Gasteiger partial charge < -0.3 is 14.9 Å². The molecule has 0 saturated heterocycles. The fraction of sp³-hybridized carbons (Fsp3) is 0.118. The maximum atomic E-state index is 9.89. The van der Waals surface area contributed by atoms with Gasteiger partial charge in [-0.25, -0.2) is 4.99 Å². The van der Waals surface area contributed by atoms with Crippen molar-refractivity contribution in [3.63, 3.8) is 0 Å². The Hall–Kier alpha value is -2.75. The summed E-state index contributed by atoms with van der Waals surface area (Å²) >= 11 is 0. The summed E-state index contributed by atoms with van der Waals surface area (Å²) in [6.45, 7) is 0. The van der Waals surface area contributed by atoms with Crippen LogP contribution in [0.2, 0.25) is 0 Å². The molecular formula is C17H13NO3. The van der Waals surface area contributed by atoms with E-state index in [9.17, 15) is 10.2 Å². The number of fused-ring (bicyclic) bond motifs is 4. The highest BCUT2D eigenvalue weighted by molar-refractivity contribution is 6.23. The van der Waals surface area contributed by atoms with E-state index in [1.165, 1.54) is 7.11 Å². The molecule has 0 saturated carbocycles. The van der Waals surface area contributed by atoms with Gasteiger partial charge >= 0.3 is 0 Å². The van der Waals surface area contributed by atoms with Crippen LogP contribution in [0.1, 0.15) is 16.7 Å². The van der Waals surface area contributed by atoms with Gasteiger partial charge in [-0.05, 0) is 47.0 Å². The fourth-order valence-corrected chi connectivity index (χ4v) is 2.92. The van der Waals surface area contributed by atoms with Gasteiger partial charge in [0.1, 0.15) is 5.75 Å². The van der Waals surface area contributed by atoms with Crippen LogP contribution in [0.25, 0.3) is 6.08 Å². The number of rotatable bonds is 1. The molecule has 1 heterocycles. The number of ether oxygens (including phenoxy) is 1. The Labute approximate surface area is 121 Å². The third-order valence-corrected chi connectivity index (χ3v) is 3.92. The average Bonchev–Trinajstić information content (AvgIpc) is 2.80. The topological polar surface area (TPSA) is 62.0 Å². The largest absolute Gasteiger partial charge is 0.508 e. The molecule has 0 amide bonds. The Balaban J connectivity index is 1.90. The molecule has 21 heavy (non-hydrogen) atoms. The number of phenolic OH excluding ortho intramolecular Hbond substituents is 2. The van der Waals surface area contributed by atoms with E-state index >= 15 is 0 Å². The van der Waals surface area contributed by atoms with Crippen molar-refractivity contribution in [2.45, 2.75) is 6.42 Å². The summed E-state index contributed by atoms with van der Waals surface area (Å²) < 4.78 is 5.14.